The summed E-state index contributed by atoms with van der Waals surface area (Å²) in [6, 6.07) is 13.3. The van der Waals surface area contributed by atoms with E-state index in [4.69, 9.17) is 9.47 Å². The summed E-state index contributed by atoms with van der Waals surface area (Å²) in [6.45, 7) is 13.1. The standard InChI is InChI=1S/C27H34N2O4/c1-17(2)16-33-22-10-8-21(9-11-22)24-25(28-23-12-7-19(5)15-20(23)6)27(31)29(26(24)30)13-14-32-18(3)4/h7-12,15,17-18,28H,13-14,16H2,1-6H3. The highest BCUT2D eigenvalue weighted by Crippen LogP contribution is 2.32. The fourth-order valence-corrected chi connectivity index (χ4v) is 3.61. The van der Waals surface area contributed by atoms with Crippen molar-refractivity contribution in [2.75, 3.05) is 25.1 Å². The lowest BCUT2D eigenvalue weighted by Crippen LogP contribution is -2.35. The molecule has 2 amide bonds. The van der Waals surface area contributed by atoms with E-state index in [1.165, 1.54) is 4.90 Å². The highest BCUT2D eigenvalue weighted by Gasteiger charge is 2.39. The molecule has 6 nitrogen and oxygen atoms in total. The second-order valence-corrected chi connectivity index (χ2v) is 9.10. The first kappa shape index (κ1) is 24.5. The third kappa shape index (κ3) is 6.02. The van der Waals surface area contributed by atoms with E-state index in [2.05, 4.69) is 19.2 Å². The van der Waals surface area contributed by atoms with Crippen LogP contribution in [0, 0.1) is 19.8 Å². The Morgan fingerprint density at radius 3 is 2.24 bits per heavy atom. The third-order valence-electron chi connectivity index (χ3n) is 5.30. The van der Waals surface area contributed by atoms with E-state index in [1.807, 2.05) is 70.2 Å². The van der Waals surface area contributed by atoms with Gasteiger partial charge in [0.05, 0.1) is 31.4 Å². The Balaban J connectivity index is 1.94. The lowest BCUT2D eigenvalue weighted by molar-refractivity contribution is -0.137. The first-order chi connectivity index (χ1) is 15.7. The lowest BCUT2D eigenvalue weighted by atomic mass is 10.0. The van der Waals surface area contributed by atoms with Gasteiger partial charge in [0.1, 0.15) is 11.4 Å². The number of rotatable bonds is 10. The maximum atomic E-state index is 13.4. The first-order valence-electron chi connectivity index (χ1n) is 11.5. The van der Waals surface area contributed by atoms with E-state index in [1.54, 1.807) is 0 Å². The fourth-order valence-electron chi connectivity index (χ4n) is 3.61. The molecule has 1 heterocycles. The summed E-state index contributed by atoms with van der Waals surface area (Å²) in [5.74, 6) is 0.477. The van der Waals surface area contributed by atoms with E-state index in [0.29, 0.717) is 30.3 Å². The van der Waals surface area contributed by atoms with Crippen LogP contribution < -0.4 is 10.1 Å². The van der Waals surface area contributed by atoms with Gasteiger partial charge in [-0.25, -0.2) is 0 Å². The minimum absolute atomic E-state index is 0.0245. The molecule has 1 N–H and O–H groups in total. The second kappa shape index (κ2) is 10.7. The molecule has 0 bridgehead atoms. The van der Waals surface area contributed by atoms with Crippen LogP contribution in [0.2, 0.25) is 0 Å². The summed E-state index contributed by atoms with van der Waals surface area (Å²) < 4.78 is 11.4. The minimum Gasteiger partial charge on any atom is -0.493 e. The summed E-state index contributed by atoms with van der Waals surface area (Å²) in [6.07, 6.45) is 0.0245. The summed E-state index contributed by atoms with van der Waals surface area (Å²) in [4.78, 5) is 27.9. The molecule has 0 fully saturated rings. The lowest BCUT2D eigenvalue weighted by Gasteiger charge is -2.17. The zero-order valence-electron chi connectivity index (χ0n) is 20.4. The molecule has 2 aromatic rings. The third-order valence-corrected chi connectivity index (χ3v) is 5.30. The maximum Gasteiger partial charge on any atom is 0.278 e. The number of hydrogen-bond acceptors (Lipinski definition) is 5. The van der Waals surface area contributed by atoms with Gasteiger partial charge in [0.25, 0.3) is 11.8 Å². The zero-order chi connectivity index (χ0) is 24.1. The Labute approximate surface area is 196 Å². The summed E-state index contributed by atoms with van der Waals surface area (Å²) in [7, 11) is 0. The van der Waals surface area contributed by atoms with Crippen LogP contribution in [-0.4, -0.2) is 42.6 Å². The van der Waals surface area contributed by atoms with Gasteiger partial charge < -0.3 is 14.8 Å². The van der Waals surface area contributed by atoms with Gasteiger partial charge in [-0.2, -0.15) is 0 Å². The number of amides is 2. The van der Waals surface area contributed by atoms with Gasteiger partial charge >= 0.3 is 0 Å². The molecule has 176 valence electrons. The van der Waals surface area contributed by atoms with Crippen molar-refractivity contribution in [3.05, 3.63) is 64.9 Å². The van der Waals surface area contributed by atoms with Crippen LogP contribution >= 0.6 is 0 Å². The Morgan fingerprint density at radius 1 is 0.939 bits per heavy atom. The van der Waals surface area contributed by atoms with Gasteiger partial charge in [-0.3, -0.25) is 14.5 Å². The Bertz CT molecular complexity index is 1040. The predicted molar refractivity (Wildman–Crippen MR) is 131 cm³/mol. The van der Waals surface area contributed by atoms with Crippen LogP contribution in [0.25, 0.3) is 5.57 Å². The number of carbonyl (C=O) groups is 2. The topological polar surface area (TPSA) is 67.9 Å². The SMILES string of the molecule is Cc1ccc(NC2=C(c3ccc(OCC(C)C)cc3)C(=O)N(CCOC(C)C)C2=O)c(C)c1. The predicted octanol–water partition coefficient (Wildman–Crippen LogP) is 4.96. The molecular weight excluding hydrogens is 416 g/mol. The molecule has 0 saturated heterocycles. The van der Waals surface area contributed by atoms with Crippen molar-refractivity contribution in [3.63, 3.8) is 0 Å². The molecule has 33 heavy (non-hydrogen) atoms. The number of nitrogens with one attached hydrogen (secondary N) is 1. The Morgan fingerprint density at radius 2 is 1.64 bits per heavy atom. The maximum absolute atomic E-state index is 13.4. The number of benzene rings is 2. The van der Waals surface area contributed by atoms with Gasteiger partial charge in [-0.05, 0) is 62.9 Å². The quantitative estimate of drug-likeness (QED) is 0.519. The molecule has 1 aliphatic rings. The smallest absolute Gasteiger partial charge is 0.278 e. The molecule has 0 radical (unpaired) electrons. The van der Waals surface area contributed by atoms with Crippen molar-refractivity contribution in [1.29, 1.82) is 0 Å². The number of ether oxygens (including phenoxy) is 2. The molecule has 2 aromatic carbocycles. The highest BCUT2D eigenvalue weighted by atomic mass is 16.5. The molecule has 0 aromatic heterocycles. The summed E-state index contributed by atoms with van der Waals surface area (Å²) in [5, 5.41) is 3.24. The number of imide groups is 1. The molecule has 3 rings (SSSR count). The van der Waals surface area contributed by atoms with Crippen LogP contribution in [0.15, 0.2) is 48.2 Å². The second-order valence-electron chi connectivity index (χ2n) is 9.10. The largest absolute Gasteiger partial charge is 0.493 e. The van der Waals surface area contributed by atoms with Crippen LogP contribution in [0.5, 0.6) is 5.75 Å². The van der Waals surface area contributed by atoms with E-state index < -0.39 is 0 Å². The number of anilines is 1. The van der Waals surface area contributed by atoms with Crippen molar-refractivity contribution >= 4 is 23.1 Å². The van der Waals surface area contributed by atoms with Crippen LogP contribution in [-0.2, 0) is 14.3 Å². The molecule has 0 spiro atoms. The zero-order valence-corrected chi connectivity index (χ0v) is 20.4. The van der Waals surface area contributed by atoms with E-state index in [9.17, 15) is 9.59 Å². The number of nitrogens with zero attached hydrogens (tertiary/aromatic N) is 1. The van der Waals surface area contributed by atoms with Crippen molar-refractivity contribution in [2.45, 2.75) is 47.6 Å². The van der Waals surface area contributed by atoms with E-state index in [-0.39, 0.29) is 30.2 Å². The van der Waals surface area contributed by atoms with E-state index in [0.717, 1.165) is 22.6 Å². The van der Waals surface area contributed by atoms with Gasteiger partial charge in [-0.15, -0.1) is 0 Å². The average molecular weight is 451 g/mol. The van der Waals surface area contributed by atoms with Gasteiger partial charge in [0.2, 0.25) is 0 Å². The van der Waals surface area contributed by atoms with Gasteiger partial charge in [0.15, 0.2) is 0 Å². The highest BCUT2D eigenvalue weighted by molar-refractivity contribution is 6.36. The summed E-state index contributed by atoms with van der Waals surface area (Å²) in [5.41, 5.74) is 4.25. The Hall–Kier alpha value is -3.12. The summed E-state index contributed by atoms with van der Waals surface area (Å²) >= 11 is 0. The van der Waals surface area contributed by atoms with Crippen LogP contribution in [0.1, 0.15) is 44.4 Å². The molecule has 0 unspecified atom stereocenters. The monoisotopic (exact) mass is 450 g/mol. The van der Waals surface area contributed by atoms with Gasteiger partial charge in [-0.1, -0.05) is 43.7 Å². The molecule has 6 heteroatoms. The number of aryl methyl sites for hydroxylation is 2. The molecular formula is C27H34N2O4. The molecule has 0 aliphatic carbocycles. The van der Waals surface area contributed by atoms with E-state index >= 15 is 0 Å². The van der Waals surface area contributed by atoms with Gasteiger partial charge in [0, 0.05) is 5.69 Å². The van der Waals surface area contributed by atoms with Crippen LogP contribution in [0.3, 0.4) is 0 Å². The number of hydrogen-bond donors (Lipinski definition) is 1. The Kier molecular flexibility index (Phi) is 7.92. The van der Waals surface area contributed by atoms with Crippen molar-refractivity contribution in [2.24, 2.45) is 5.92 Å². The van der Waals surface area contributed by atoms with Crippen molar-refractivity contribution < 1.29 is 19.1 Å². The normalized spacial score (nSPS) is 14.1. The number of carbonyl (C=O) groups excluding carboxylic acids is 2. The van der Waals surface area contributed by atoms with Crippen molar-refractivity contribution in [1.82, 2.24) is 4.90 Å². The molecule has 1 aliphatic heterocycles. The molecule has 0 atom stereocenters. The first-order valence-corrected chi connectivity index (χ1v) is 11.5. The fraction of sp³-hybridized carbons (Fsp3) is 0.407. The average Bonchev–Trinajstić information content (AvgIpc) is 2.98. The minimum atomic E-state index is -0.345. The van der Waals surface area contributed by atoms with Crippen LogP contribution in [0.4, 0.5) is 5.69 Å². The van der Waals surface area contributed by atoms with Crippen molar-refractivity contribution in [3.8, 4) is 5.75 Å². The molecule has 0 saturated carbocycles.